The van der Waals surface area contributed by atoms with Crippen molar-refractivity contribution in [2.24, 2.45) is 0 Å². The third kappa shape index (κ3) is 6.08. The van der Waals surface area contributed by atoms with Gasteiger partial charge in [0.2, 0.25) is 5.91 Å². The molecule has 1 aliphatic rings. The molecule has 5 nitrogen and oxygen atoms in total. The number of hydrogen-bond acceptors (Lipinski definition) is 3. The number of aryl methyl sites for hydroxylation is 1. The number of amides is 2. The largest absolute Gasteiger partial charge is 0.484 e. The van der Waals surface area contributed by atoms with Gasteiger partial charge in [0.25, 0.3) is 5.91 Å². The van der Waals surface area contributed by atoms with E-state index in [0.717, 1.165) is 41.3 Å². The Kier molecular flexibility index (Phi) is 7.91. The minimum Gasteiger partial charge on any atom is -0.484 e. The molecule has 0 heterocycles. The molecule has 1 saturated carbocycles. The molecule has 0 aromatic heterocycles. The lowest BCUT2D eigenvalue weighted by molar-refractivity contribution is -0.142. The van der Waals surface area contributed by atoms with E-state index in [1.165, 1.54) is 0 Å². The van der Waals surface area contributed by atoms with E-state index in [-0.39, 0.29) is 24.5 Å². The molecule has 160 valence electrons. The highest BCUT2D eigenvalue weighted by Crippen LogP contribution is 2.20. The average Bonchev–Trinajstić information content (AvgIpc) is 3.25. The second kappa shape index (κ2) is 10.6. The molecule has 6 heteroatoms. The monoisotopic (exact) mass is 472 g/mol. The first kappa shape index (κ1) is 22.3. The predicted octanol–water partition coefficient (Wildman–Crippen LogP) is 4.61. The van der Waals surface area contributed by atoms with Crippen molar-refractivity contribution in [3.8, 4) is 5.75 Å². The minimum atomic E-state index is -0.578. The lowest BCUT2D eigenvalue weighted by atomic mass is 10.1. The summed E-state index contributed by atoms with van der Waals surface area (Å²) in [5, 5.41) is 3.12. The zero-order valence-corrected chi connectivity index (χ0v) is 19.2. The number of carbonyl (C=O) groups excluding carboxylic acids is 2. The number of carbonyl (C=O) groups is 2. The lowest BCUT2D eigenvalue weighted by Crippen LogP contribution is -2.50. The van der Waals surface area contributed by atoms with Crippen molar-refractivity contribution in [1.29, 1.82) is 0 Å². The topological polar surface area (TPSA) is 58.6 Å². The van der Waals surface area contributed by atoms with E-state index in [1.54, 1.807) is 24.0 Å². The Morgan fingerprint density at radius 3 is 2.47 bits per heavy atom. The van der Waals surface area contributed by atoms with Gasteiger partial charge in [-0.1, -0.05) is 53.0 Å². The molecule has 1 aliphatic carbocycles. The van der Waals surface area contributed by atoms with Gasteiger partial charge in [0.05, 0.1) is 0 Å². The maximum absolute atomic E-state index is 13.1. The predicted molar refractivity (Wildman–Crippen MR) is 121 cm³/mol. The van der Waals surface area contributed by atoms with Crippen molar-refractivity contribution in [2.75, 3.05) is 6.61 Å². The summed E-state index contributed by atoms with van der Waals surface area (Å²) in [5.74, 6) is 0.299. The highest BCUT2D eigenvalue weighted by Gasteiger charge is 2.29. The fraction of sp³-hybridized carbons (Fsp3) is 0.417. The van der Waals surface area contributed by atoms with Crippen LogP contribution in [-0.2, 0) is 16.1 Å². The number of rotatable bonds is 8. The molecule has 2 aromatic carbocycles. The molecular formula is C24H29BrN2O3. The Bertz CT molecular complexity index is 863. The van der Waals surface area contributed by atoms with Gasteiger partial charge < -0.3 is 15.0 Å². The third-order valence-electron chi connectivity index (χ3n) is 5.65. The van der Waals surface area contributed by atoms with Gasteiger partial charge in [0, 0.05) is 17.1 Å². The van der Waals surface area contributed by atoms with Crippen molar-refractivity contribution in [3.63, 3.8) is 0 Å². The molecule has 1 fully saturated rings. The molecule has 0 aliphatic heterocycles. The summed E-state index contributed by atoms with van der Waals surface area (Å²) in [6, 6.07) is 14.9. The van der Waals surface area contributed by atoms with Crippen molar-refractivity contribution in [1.82, 2.24) is 10.2 Å². The molecule has 0 radical (unpaired) electrons. The molecule has 1 atom stereocenters. The average molecular weight is 473 g/mol. The van der Waals surface area contributed by atoms with Crippen LogP contribution in [0.25, 0.3) is 0 Å². The SMILES string of the molecule is Cc1ccccc1CN(C(=O)COc1ccc(Br)cc1)[C@H](C)C(=O)NC1CCCC1. The maximum atomic E-state index is 13.1. The van der Waals surface area contributed by atoms with Crippen LogP contribution in [0.4, 0.5) is 0 Å². The van der Waals surface area contributed by atoms with Crippen LogP contribution < -0.4 is 10.1 Å². The molecule has 30 heavy (non-hydrogen) atoms. The van der Waals surface area contributed by atoms with Crippen LogP contribution in [0.15, 0.2) is 53.0 Å². The Morgan fingerprint density at radius 1 is 1.13 bits per heavy atom. The highest BCUT2D eigenvalue weighted by atomic mass is 79.9. The molecular weight excluding hydrogens is 444 g/mol. The fourth-order valence-corrected chi connectivity index (χ4v) is 3.97. The molecule has 1 N–H and O–H groups in total. The minimum absolute atomic E-state index is 0.104. The van der Waals surface area contributed by atoms with Crippen LogP contribution in [0.1, 0.15) is 43.7 Å². The number of nitrogens with one attached hydrogen (secondary N) is 1. The summed E-state index contributed by atoms with van der Waals surface area (Å²) in [7, 11) is 0. The molecule has 0 saturated heterocycles. The summed E-state index contributed by atoms with van der Waals surface area (Å²) >= 11 is 3.39. The Labute approximate surface area is 186 Å². The summed E-state index contributed by atoms with van der Waals surface area (Å²) in [5.41, 5.74) is 2.11. The van der Waals surface area contributed by atoms with E-state index in [0.29, 0.717) is 12.3 Å². The van der Waals surface area contributed by atoms with Crippen LogP contribution in [0.5, 0.6) is 5.75 Å². The fourth-order valence-electron chi connectivity index (χ4n) is 3.70. The number of halogens is 1. The quantitative estimate of drug-likeness (QED) is 0.609. The van der Waals surface area contributed by atoms with Crippen LogP contribution >= 0.6 is 15.9 Å². The van der Waals surface area contributed by atoms with Crippen LogP contribution in [0, 0.1) is 6.92 Å². The van der Waals surface area contributed by atoms with Crippen LogP contribution in [-0.4, -0.2) is 35.4 Å². The van der Waals surface area contributed by atoms with Gasteiger partial charge >= 0.3 is 0 Å². The normalized spacial score (nSPS) is 14.9. The van der Waals surface area contributed by atoms with Crippen LogP contribution in [0.2, 0.25) is 0 Å². The maximum Gasteiger partial charge on any atom is 0.261 e. The number of benzene rings is 2. The molecule has 2 amide bonds. The van der Waals surface area contributed by atoms with E-state index in [9.17, 15) is 9.59 Å². The molecule has 0 bridgehead atoms. The standard InChI is InChI=1S/C24H29BrN2O3/c1-17-7-3-4-8-19(17)15-27(18(2)24(29)26-21-9-5-6-10-21)23(28)16-30-22-13-11-20(25)12-14-22/h3-4,7-8,11-14,18,21H,5-6,9-10,15-16H2,1-2H3,(H,26,29)/t18-/m1/s1. The van der Waals surface area contributed by atoms with Gasteiger partial charge in [-0.3, -0.25) is 9.59 Å². The van der Waals surface area contributed by atoms with Gasteiger partial charge in [-0.25, -0.2) is 0 Å². The second-order valence-corrected chi connectivity index (χ2v) is 8.77. The van der Waals surface area contributed by atoms with Gasteiger partial charge in [0.15, 0.2) is 6.61 Å². The number of ether oxygens (including phenoxy) is 1. The molecule has 0 spiro atoms. The van der Waals surface area contributed by atoms with Crippen molar-refractivity contribution < 1.29 is 14.3 Å². The Morgan fingerprint density at radius 2 is 1.80 bits per heavy atom. The number of hydrogen-bond donors (Lipinski definition) is 1. The van der Waals surface area contributed by atoms with Gasteiger partial charge in [-0.2, -0.15) is 0 Å². The van der Waals surface area contributed by atoms with Crippen molar-refractivity contribution >= 4 is 27.7 Å². The first-order valence-corrected chi connectivity index (χ1v) is 11.3. The smallest absolute Gasteiger partial charge is 0.261 e. The highest BCUT2D eigenvalue weighted by molar-refractivity contribution is 9.10. The molecule has 0 unspecified atom stereocenters. The van der Waals surface area contributed by atoms with E-state index < -0.39 is 6.04 Å². The second-order valence-electron chi connectivity index (χ2n) is 7.86. The van der Waals surface area contributed by atoms with E-state index >= 15 is 0 Å². The molecule has 2 aromatic rings. The van der Waals surface area contributed by atoms with E-state index in [4.69, 9.17) is 4.74 Å². The lowest BCUT2D eigenvalue weighted by Gasteiger charge is -2.30. The van der Waals surface area contributed by atoms with Gasteiger partial charge in [0.1, 0.15) is 11.8 Å². The van der Waals surface area contributed by atoms with E-state index in [1.807, 2.05) is 43.3 Å². The zero-order chi connectivity index (χ0) is 21.5. The van der Waals surface area contributed by atoms with Gasteiger partial charge in [-0.05, 0) is 62.1 Å². The summed E-state index contributed by atoms with van der Waals surface area (Å²) in [6.07, 6.45) is 4.31. The Hall–Kier alpha value is -2.34. The number of nitrogens with zero attached hydrogens (tertiary/aromatic N) is 1. The molecule has 3 rings (SSSR count). The van der Waals surface area contributed by atoms with Crippen LogP contribution in [0.3, 0.4) is 0 Å². The zero-order valence-electron chi connectivity index (χ0n) is 17.6. The van der Waals surface area contributed by atoms with E-state index in [2.05, 4.69) is 21.2 Å². The van der Waals surface area contributed by atoms with Crippen molar-refractivity contribution in [2.45, 2.75) is 58.2 Å². The summed E-state index contributed by atoms with van der Waals surface area (Å²) in [6.45, 7) is 4.06. The summed E-state index contributed by atoms with van der Waals surface area (Å²) in [4.78, 5) is 27.6. The van der Waals surface area contributed by atoms with Crippen molar-refractivity contribution in [3.05, 3.63) is 64.1 Å². The van der Waals surface area contributed by atoms with Gasteiger partial charge in [-0.15, -0.1) is 0 Å². The first-order chi connectivity index (χ1) is 14.4. The first-order valence-electron chi connectivity index (χ1n) is 10.5. The summed E-state index contributed by atoms with van der Waals surface area (Å²) < 4.78 is 6.64. The third-order valence-corrected chi connectivity index (χ3v) is 6.18. The Balaban J connectivity index is 1.71.